The Hall–Kier alpha value is -1.14. The maximum Gasteiger partial charge on any atom is 0.242 e. The zero-order chi connectivity index (χ0) is 17.2. The van der Waals surface area contributed by atoms with Crippen LogP contribution in [-0.2, 0) is 9.53 Å². The van der Waals surface area contributed by atoms with Gasteiger partial charge >= 0.3 is 0 Å². The molecular formula is C18H26ClN3O2. The highest BCUT2D eigenvalue weighted by atomic mass is 35.5. The topological polar surface area (TPSA) is 58.8 Å². The highest BCUT2D eigenvalue weighted by Gasteiger charge is 2.40. The summed E-state index contributed by atoms with van der Waals surface area (Å²) in [7, 11) is 0. The molecule has 0 radical (unpaired) electrons. The highest BCUT2D eigenvalue weighted by Crippen LogP contribution is 2.25. The van der Waals surface area contributed by atoms with Crippen molar-refractivity contribution < 1.29 is 9.53 Å². The normalized spacial score (nSPS) is 23.0. The average molecular weight is 352 g/mol. The third kappa shape index (κ3) is 3.75. The number of halogens is 1. The number of carbonyl (C=O) groups is 1. The lowest BCUT2D eigenvalue weighted by molar-refractivity contribution is -0.142. The average Bonchev–Trinajstić information content (AvgIpc) is 2.62. The summed E-state index contributed by atoms with van der Waals surface area (Å²) in [6, 6.07) is 8.31. The van der Waals surface area contributed by atoms with Crippen LogP contribution in [0.25, 0.3) is 0 Å². The van der Waals surface area contributed by atoms with Crippen molar-refractivity contribution in [2.75, 3.05) is 39.4 Å². The standard InChI is InChI=1S/C18H26ClN3O2/c1-14(15-2-4-16(19)5-3-15)21-8-10-22(11-9-21)17(23)18(20)6-12-24-13-7-18/h2-5,14H,6-13,20H2,1H3. The molecule has 2 heterocycles. The fraction of sp³-hybridized carbons (Fsp3) is 0.611. The molecule has 2 aliphatic rings. The highest BCUT2D eigenvalue weighted by molar-refractivity contribution is 6.30. The van der Waals surface area contributed by atoms with E-state index in [2.05, 4.69) is 24.0 Å². The summed E-state index contributed by atoms with van der Waals surface area (Å²) >= 11 is 5.96. The van der Waals surface area contributed by atoms with Gasteiger partial charge in [0.25, 0.3) is 0 Å². The van der Waals surface area contributed by atoms with Crippen LogP contribution in [0.1, 0.15) is 31.4 Å². The van der Waals surface area contributed by atoms with E-state index in [4.69, 9.17) is 22.1 Å². The number of amides is 1. The van der Waals surface area contributed by atoms with E-state index >= 15 is 0 Å². The first-order valence-corrected chi connectivity index (χ1v) is 9.03. The summed E-state index contributed by atoms with van der Waals surface area (Å²) in [5.41, 5.74) is 6.85. The van der Waals surface area contributed by atoms with Gasteiger partial charge in [-0.1, -0.05) is 23.7 Å². The summed E-state index contributed by atoms with van der Waals surface area (Å²) in [4.78, 5) is 17.1. The van der Waals surface area contributed by atoms with Gasteiger partial charge in [-0.25, -0.2) is 0 Å². The Morgan fingerprint density at radius 1 is 1.17 bits per heavy atom. The van der Waals surface area contributed by atoms with Gasteiger partial charge in [-0.15, -0.1) is 0 Å². The second kappa shape index (κ2) is 7.40. The second-order valence-corrected chi connectivity index (χ2v) is 7.26. The maximum atomic E-state index is 12.8. The van der Waals surface area contributed by atoms with E-state index in [9.17, 15) is 4.79 Å². The summed E-state index contributed by atoms with van der Waals surface area (Å²) < 4.78 is 5.34. The molecule has 3 rings (SSSR count). The predicted molar refractivity (Wildman–Crippen MR) is 95.0 cm³/mol. The monoisotopic (exact) mass is 351 g/mol. The quantitative estimate of drug-likeness (QED) is 0.905. The number of nitrogens with zero attached hydrogens (tertiary/aromatic N) is 2. The van der Waals surface area contributed by atoms with Crippen LogP contribution in [0.4, 0.5) is 0 Å². The molecule has 6 heteroatoms. The second-order valence-electron chi connectivity index (χ2n) is 6.82. The van der Waals surface area contributed by atoms with E-state index in [1.165, 1.54) is 5.56 Å². The molecule has 2 N–H and O–H groups in total. The van der Waals surface area contributed by atoms with Crippen molar-refractivity contribution in [2.24, 2.45) is 5.73 Å². The Kier molecular flexibility index (Phi) is 5.45. The van der Waals surface area contributed by atoms with E-state index in [0.717, 1.165) is 31.2 Å². The molecule has 0 bridgehead atoms. The van der Waals surface area contributed by atoms with E-state index in [-0.39, 0.29) is 5.91 Å². The Morgan fingerprint density at radius 2 is 1.75 bits per heavy atom. The number of rotatable bonds is 3. The van der Waals surface area contributed by atoms with Crippen LogP contribution in [0.15, 0.2) is 24.3 Å². The minimum Gasteiger partial charge on any atom is -0.381 e. The fourth-order valence-electron chi connectivity index (χ4n) is 3.53. The smallest absolute Gasteiger partial charge is 0.242 e. The van der Waals surface area contributed by atoms with E-state index in [0.29, 0.717) is 32.1 Å². The minimum atomic E-state index is -0.734. The number of carbonyl (C=O) groups excluding carboxylic acids is 1. The first-order valence-electron chi connectivity index (χ1n) is 8.65. The molecule has 1 aromatic rings. The van der Waals surface area contributed by atoms with Crippen molar-refractivity contribution >= 4 is 17.5 Å². The Labute approximate surface area is 148 Å². The minimum absolute atomic E-state index is 0.0876. The van der Waals surface area contributed by atoms with Crippen molar-refractivity contribution in [3.63, 3.8) is 0 Å². The van der Waals surface area contributed by atoms with Crippen molar-refractivity contribution in [3.05, 3.63) is 34.9 Å². The molecule has 132 valence electrons. The number of nitrogens with two attached hydrogens (primary N) is 1. The fourth-order valence-corrected chi connectivity index (χ4v) is 3.65. The lowest BCUT2D eigenvalue weighted by Crippen LogP contribution is -2.61. The van der Waals surface area contributed by atoms with Crippen LogP contribution >= 0.6 is 11.6 Å². The van der Waals surface area contributed by atoms with Crippen LogP contribution < -0.4 is 5.73 Å². The molecule has 2 aliphatic heterocycles. The summed E-state index contributed by atoms with van der Waals surface area (Å²) in [5.74, 6) is 0.0876. The van der Waals surface area contributed by atoms with Gasteiger partial charge in [0.2, 0.25) is 5.91 Å². The summed E-state index contributed by atoms with van der Waals surface area (Å²) in [5, 5.41) is 0.756. The molecular weight excluding hydrogens is 326 g/mol. The van der Waals surface area contributed by atoms with Crippen LogP contribution in [0.3, 0.4) is 0 Å². The van der Waals surface area contributed by atoms with Crippen LogP contribution in [-0.4, -0.2) is 60.6 Å². The molecule has 1 aromatic carbocycles. The van der Waals surface area contributed by atoms with Gasteiger partial charge in [0.05, 0.1) is 5.54 Å². The SMILES string of the molecule is CC(c1ccc(Cl)cc1)N1CCN(C(=O)C2(N)CCOCC2)CC1. The number of hydrogen-bond acceptors (Lipinski definition) is 4. The van der Waals surface area contributed by atoms with Gasteiger partial charge in [0.1, 0.15) is 0 Å². The lowest BCUT2D eigenvalue weighted by atomic mass is 9.89. The lowest BCUT2D eigenvalue weighted by Gasteiger charge is -2.42. The Bertz CT molecular complexity index is 564. The van der Waals surface area contributed by atoms with Crippen LogP contribution in [0.2, 0.25) is 5.02 Å². The third-order valence-corrected chi connectivity index (χ3v) is 5.56. The molecule has 0 aromatic heterocycles. The summed E-state index contributed by atoms with van der Waals surface area (Å²) in [6.45, 7) is 6.55. The molecule has 0 saturated carbocycles. The number of benzene rings is 1. The first-order chi connectivity index (χ1) is 11.5. The van der Waals surface area contributed by atoms with E-state index in [1.807, 2.05) is 17.0 Å². The van der Waals surface area contributed by atoms with Crippen LogP contribution in [0, 0.1) is 0 Å². The third-order valence-electron chi connectivity index (χ3n) is 5.31. The molecule has 2 fully saturated rings. The van der Waals surface area contributed by atoms with Gasteiger partial charge < -0.3 is 15.4 Å². The van der Waals surface area contributed by atoms with Crippen molar-refractivity contribution in [1.29, 1.82) is 0 Å². The maximum absolute atomic E-state index is 12.8. The van der Waals surface area contributed by atoms with E-state index < -0.39 is 5.54 Å². The van der Waals surface area contributed by atoms with Gasteiger partial charge in [-0.05, 0) is 37.5 Å². The van der Waals surface area contributed by atoms with Crippen molar-refractivity contribution in [2.45, 2.75) is 31.3 Å². The summed E-state index contributed by atoms with van der Waals surface area (Å²) in [6.07, 6.45) is 1.24. The van der Waals surface area contributed by atoms with Gasteiger partial charge in [0, 0.05) is 50.5 Å². The van der Waals surface area contributed by atoms with Crippen molar-refractivity contribution in [1.82, 2.24) is 9.80 Å². The van der Waals surface area contributed by atoms with Crippen LogP contribution in [0.5, 0.6) is 0 Å². The van der Waals surface area contributed by atoms with Crippen molar-refractivity contribution in [3.8, 4) is 0 Å². The molecule has 0 spiro atoms. The number of hydrogen-bond donors (Lipinski definition) is 1. The zero-order valence-corrected chi connectivity index (χ0v) is 15.0. The largest absolute Gasteiger partial charge is 0.381 e. The van der Waals surface area contributed by atoms with Gasteiger partial charge in [-0.3, -0.25) is 9.69 Å². The molecule has 0 aliphatic carbocycles. The van der Waals surface area contributed by atoms with E-state index in [1.54, 1.807) is 0 Å². The van der Waals surface area contributed by atoms with Gasteiger partial charge in [0.15, 0.2) is 0 Å². The Morgan fingerprint density at radius 3 is 2.33 bits per heavy atom. The number of piperazine rings is 1. The predicted octanol–water partition coefficient (Wildman–Crippen LogP) is 2.05. The molecule has 1 atom stereocenters. The zero-order valence-electron chi connectivity index (χ0n) is 14.2. The first kappa shape index (κ1) is 17.7. The molecule has 24 heavy (non-hydrogen) atoms. The molecule has 1 amide bonds. The molecule has 1 unspecified atom stereocenters. The Balaban J connectivity index is 1.57. The molecule has 2 saturated heterocycles. The van der Waals surface area contributed by atoms with Gasteiger partial charge in [-0.2, -0.15) is 0 Å². The number of ether oxygens (including phenoxy) is 1. The molecule has 5 nitrogen and oxygen atoms in total.